The Kier molecular flexibility index (Phi) is 4.98. The van der Waals surface area contributed by atoms with Crippen molar-refractivity contribution < 1.29 is 4.79 Å². The molecule has 1 unspecified atom stereocenters. The van der Waals surface area contributed by atoms with E-state index in [2.05, 4.69) is 20.3 Å². The molecule has 1 saturated carbocycles. The number of carbonyl (C=O) groups excluding carboxylic acids is 1. The van der Waals surface area contributed by atoms with E-state index >= 15 is 0 Å². The molecule has 2 aromatic heterocycles. The highest BCUT2D eigenvalue weighted by Crippen LogP contribution is 2.26. The van der Waals surface area contributed by atoms with E-state index in [1.54, 1.807) is 13.0 Å². The summed E-state index contributed by atoms with van der Waals surface area (Å²) in [6.07, 6.45) is 5.68. The second-order valence-corrected chi connectivity index (χ2v) is 6.67. The number of H-pyrrole nitrogens is 2. The van der Waals surface area contributed by atoms with Crippen LogP contribution in [0.4, 0.5) is 0 Å². The van der Waals surface area contributed by atoms with Gasteiger partial charge in [0.15, 0.2) is 0 Å². The number of amides is 1. The van der Waals surface area contributed by atoms with Gasteiger partial charge in [-0.25, -0.2) is 9.78 Å². The van der Waals surface area contributed by atoms with Crippen LogP contribution in [0.3, 0.4) is 0 Å². The molecular weight excluding hydrogens is 322 g/mol. The maximum atomic E-state index is 12.6. The number of fused-ring (bicyclic) bond motifs is 1. The summed E-state index contributed by atoms with van der Waals surface area (Å²) in [6, 6.07) is 1.46. The molecule has 2 aromatic rings. The van der Waals surface area contributed by atoms with Crippen molar-refractivity contribution in [2.75, 3.05) is 6.54 Å². The van der Waals surface area contributed by atoms with Crippen LogP contribution in [0.1, 0.15) is 48.2 Å². The normalized spacial score (nSPS) is 16.7. The molecule has 0 aliphatic heterocycles. The summed E-state index contributed by atoms with van der Waals surface area (Å²) in [5.74, 6) is 0.0408. The Balaban J connectivity index is 1.88. The second kappa shape index (κ2) is 7.18. The molecule has 1 atom stereocenters. The molecule has 8 heteroatoms. The van der Waals surface area contributed by atoms with Gasteiger partial charge in [0.25, 0.3) is 11.5 Å². The molecule has 1 amide bonds. The van der Waals surface area contributed by atoms with Gasteiger partial charge in [0.2, 0.25) is 0 Å². The highest BCUT2D eigenvalue weighted by atomic mass is 16.2. The predicted molar refractivity (Wildman–Crippen MR) is 94.6 cm³/mol. The van der Waals surface area contributed by atoms with Crippen molar-refractivity contribution in [2.24, 2.45) is 11.7 Å². The number of nitrogens with two attached hydrogens (primary N) is 1. The molecule has 1 aliphatic rings. The van der Waals surface area contributed by atoms with Crippen molar-refractivity contribution in [1.29, 1.82) is 0 Å². The lowest BCUT2D eigenvalue weighted by atomic mass is 9.84. The Bertz CT molecular complexity index is 895. The molecule has 0 aromatic carbocycles. The van der Waals surface area contributed by atoms with Gasteiger partial charge in [-0.1, -0.05) is 19.3 Å². The fourth-order valence-electron chi connectivity index (χ4n) is 3.62. The summed E-state index contributed by atoms with van der Waals surface area (Å²) in [5.41, 5.74) is 5.55. The first-order valence-corrected chi connectivity index (χ1v) is 8.64. The van der Waals surface area contributed by atoms with Crippen LogP contribution in [0.5, 0.6) is 0 Å². The summed E-state index contributed by atoms with van der Waals surface area (Å²) in [6.45, 7) is 2.08. The Morgan fingerprint density at radius 3 is 2.72 bits per heavy atom. The summed E-state index contributed by atoms with van der Waals surface area (Å²) >= 11 is 0. The second-order valence-electron chi connectivity index (χ2n) is 6.67. The summed E-state index contributed by atoms with van der Waals surface area (Å²) < 4.78 is 0. The Morgan fingerprint density at radius 1 is 1.32 bits per heavy atom. The highest BCUT2D eigenvalue weighted by Gasteiger charge is 2.25. The van der Waals surface area contributed by atoms with Crippen LogP contribution in [-0.4, -0.2) is 33.4 Å². The molecule has 0 spiro atoms. The number of pyridine rings is 1. The third-order valence-corrected chi connectivity index (χ3v) is 4.92. The molecule has 134 valence electrons. The summed E-state index contributed by atoms with van der Waals surface area (Å²) in [5, 5.41) is 3.25. The fraction of sp³-hybridized carbons (Fsp3) is 0.529. The first-order chi connectivity index (χ1) is 12.0. The lowest BCUT2D eigenvalue weighted by molar-refractivity contribution is 0.0910. The Morgan fingerprint density at radius 2 is 2.04 bits per heavy atom. The van der Waals surface area contributed by atoms with E-state index in [1.807, 2.05) is 0 Å². The number of carbonyl (C=O) groups is 1. The largest absolute Gasteiger partial charge is 0.346 e. The maximum Gasteiger partial charge on any atom is 0.327 e. The minimum atomic E-state index is -0.649. The molecule has 1 fully saturated rings. The molecule has 0 saturated heterocycles. The predicted octanol–water partition coefficient (Wildman–Crippen LogP) is 0.557. The summed E-state index contributed by atoms with van der Waals surface area (Å²) in [7, 11) is 0. The van der Waals surface area contributed by atoms with Crippen molar-refractivity contribution >= 4 is 16.9 Å². The lowest BCUT2D eigenvalue weighted by Gasteiger charge is -2.30. The van der Waals surface area contributed by atoms with Gasteiger partial charge in [0, 0.05) is 12.6 Å². The number of aromatic amines is 2. The van der Waals surface area contributed by atoms with Gasteiger partial charge in [0.1, 0.15) is 11.3 Å². The number of hydrogen-bond donors (Lipinski definition) is 4. The molecule has 8 nitrogen and oxygen atoms in total. The molecular formula is C17H23N5O3. The van der Waals surface area contributed by atoms with Gasteiger partial charge in [-0.05, 0) is 37.3 Å². The molecule has 1 aliphatic carbocycles. The zero-order chi connectivity index (χ0) is 18.0. The van der Waals surface area contributed by atoms with Gasteiger partial charge in [-0.2, -0.15) is 0 Å². The lowest BCUT2D eigenvalue weighted by Crippen LogP contribution is -2.46. The number of rotatable bonds is 4. The van der Waals surface area contributed by atoms with Crippen LogP contribution in [0.25, 0.3) is 11.0 Å². The topological polar surface area (TPSA) is 134 Å². The highest BCUT2D eigenvalue weighted by molar-refractivity contribution is 5.95. The first kappa shape index (κ1) is 17.3. The van der Waals surface area contributed by atoms with Crippen LogP contribution in [0, 0.1) is 12.8 Å². The van der Waals surface area contributed by atoms with Crippen LogP contribution < -0.4 is 22.3 Å². The molecule has 5 N–H and O–H groups in total. The van der Waals surface area contributed by atoms with Crippen molar-refractivity contribution in [3.05, 3.63) is 38.2 Å². The van der Waals surface area contributed by atoms with Crippen LogP contribution in [0.2, 0.25) is 0 Å². The molecule has 3 rings (SSSR count). The minimum absolute atomic E-state index is 0.0937. The van der Waals surface area contributed by atoms with Crippen molar-refractivity contribution in [3.63, 3.8) is 0 Å². The zero-order valence-corrected chi connectivity index (χ0v) is 14.2. The number of aromatic nitrogens is 3. The summed E-state index contributed by atoms with van der Waals surface area (Å²) in [4.78, 5) is 44.8. The van der Waals surface area contributed by atoms with E-state index in [0.717, 1.165) is 25.7 Å². The molecule has 2 heterocycles. The van der Waals surface area contributed by atoms with Crippen molar-refractivity contribution in [2.45, 2.75) is 45.1 Å². The van der Waals surface area contributed by atoms with Crippen molar-refractivity contribution in [1.82, 2.24) is 20.3 Å². The van der Waals surface area contributed by atoms with Crippen LogP contribution in [0.15, 0.2) is 15.7 Å². The smallest absolute Gasteiger partial charge is 0.327 e. The van der Waals surface area contributed by atoms with E-state index in [-0.39, 0.29) is 28.7 Å². The number of aryl methyl sites for hydroxylation is 1. The number of nitrogens with one attached hydrogen (secondary N) is 3. The van der Waals surface area contributed by atoms with Gasteiger partial charge in [-0.3, -0.25) is 19.6 Å². The average Bonchev–Trinajstić information content (AvgIpc) is 2.59. The quantitative estimate of drug-likeness (QED) is 0.642. The minimum Gasteiger partial charge on any atom is -0.346 e. The third kappa shape index (κ3) is 3.63. The van der Waals surface area contributed by atoms with Gasteiger partial charge in [-0.15, -0.1) is 0 Å². The van der Waals surface area contributed by atoms with Crippen LogP contribution in [-0.2, 0) is 0 Å². The van der Waals surface area contributed by atoms with Gasteiger partial charge >= 0.3 is 5.69 Å². The first-order valence-electron chi connectivity index (χ1n) is 8.64. The van der Waals surface area contributed by atoms with Gasteiger partial charge < -0.3 is 11.1 Å². The van der Waals surface area contributed by atoms with E-state index in [9.17, 15) is 14.4 Å². The third-order valence-electron chi connectivity index (χ3n) is 4.92. The maximum absolute atomic E-state index is 12.6. The fourth-order valence-corrected chi connectivity index (χ4v) is 3.62. The van der Waals surface area contributed by atoms with E-state index < -0.39 is 11.2 Å². The zero-order valence-electron chi connectivity index (χ0n) is 14.2. The Hall–Kier alpha value is -2.48. The average molecular weight is 345 g/mol. The standard InChI is InChI=1S/C17H23N5O3/c1-9-7-11(19-14-13(9)16(24)22-17(25)21-14)15(23)20-12(8-18)10-5-3-2-4-6-10/h7,10,12H,2-6,8,18H2,1H3,(H,20,23)(H2,19,21,22,24,25). The van der Waals surface area contributed by atoms with E-state index in [0.29, 0.717) is 18.0 Å². The van der Waals surface area contributed by atoms with E-state index in [4.69, 9.17) is 5.73 Å². The monoisotopic (exact) mass is 345 g/mol. The molecule has 0 bridgehead atoms. The van der Waals surface area contributed by atoms with E-state index in [1.165, 1.54) is 6.42 Å². The van der Waals surface area contributed by atoms with Crippen molar-refractivity contribution in [3.8, 4) is 0 Å². The number of nitrogens with zero attached hydrogens (tertiary/aromatic N) is 1. The number of hydrogen-bond acceptors (Lipinski definition) is 5. The Labute approximate surface area is 144 Å². The van der Waals surface area contributed by atoms with Gasteiger partial charge in [0.05, 0.1) is 5.39 Å². The molecule has 25 heavy (non-hydrogen) atoms. The molecule has 0 radical (unpaired) electrons. The SMILES string of the molecule is Cc1cc(C(=O)NC(CN)C2CCCCC2)nc2[nH]c(=O)[nH]c(=O)c12. The van der Waals surface area contributed by atoms with Crippen LogP contribution >= 0.6 is 0 Å².